The van der Waals surface area contributed by atoms with Gasteiger partial charge in [0.15, 0.2) is 5.65 Å². The number of hydrogen-bond acceptors (Lipinski definition) is 3. The van der Waals surface area contributed by atoms with Gasteiger partial charge in [0.1, 0.15) is 4.60 Å². The molecule has 0 amide bonds. The van der Waals surface area contributed by atoms with E-state index in [1.807, 2.05) is 10.6 Å². The molecule has 2 rings (SSSR count). The van der Waals surface area contributed by atoms with Crippen molar-refractivity contribution < 1.29 is 0 Å². The van der Waals surface area contributed by atoms with Gasteiger partial charge in [-0.2, -0.15) is 0 Å². The molecule has 0 spiro atoms. The molecular weight excluding hydrogens is 268 g/mol. The second kappa shape index (κ2) is 4.51. The molecular formula is C11H15BrN4. The van der Waals surface area contributed by atoms with Crippen LogP contribution in [0.4, 0.5) is 0 Å². The van der Waals surface area contributed by atoms with Gasteiger partial charge >= 0.3 is 0 Å². The van der Waals surface area contributed by atoms with Crippen molar-refractivity contribution in [2.45, 2.75) is 19.4 Å². The summed E-state index contributed by atoms with van der Waals surface area (Å²) in [5.41, 5.74) is 1.98. The van der Waals surface area contributed by atoms with Gasteiger partial charge in [-0.15, -0.1) is 0 Å². The third kappa shape index (κ3) is 2.10. The summed E-state index contributed by atoms with van der Waals surface area (Å²) in [5.74, 6) is 0. The standard InChI is InChI=1S/C11H15BrN4/c1-4-9(15(2)3)8-6-16-7-10(12)13-5-11(16)14-8/h5-7,9H,4H2,1-3H3. The van der Waals surface area contributed by atoms with Gasteiger partial charge in [-0.25, -0.2) is 9.97 Å². The van der Waals surface area contributed by atoms with Gasteiger partial charge < -0.3 is 9.30 Å². The summed E-state index contributed by atoms with van der Waals surface area (Å²) in [6.07, 6.45) is 6.81. The van der Waals surface area contributed by atoms with Crippen molar-refractivity contribution >= 4 is 21.6 Å². The highest BCUT2D eigenvalue weighted by Gasteiger charge is 2.15. The first-order valence-corrected chi connectivity index (χ1v) is 6.07. The normalized spacial score (nSPS) is 13.6. The number of halogens is 1. The first kappa shape index (κ1) is 11.5. The second-order valence-corrected chi connectivity index (χ2v) is 4.84. The van der Waals surface area contributed by atoms with Crippen LogP contribution in [0.1, 0.15) is 25.1 Å². The van der Waals surface area contributed by atoms with Crippen molar-refractivity contribution in [2.24, 2.45) is 0 Å². The zero-order valence-corrected chi connectivity index (χ0v) is 11.3. The van der Waals surface area contributed by atoms with Crippen molar-refractivity contribution in [3.05, 3.63) is 28.9 Å². The summed E-state index contributed by atoms with van der Waals surface area (Å²) in [4.78, 5) is 10.9. The molecule has 0 aliphatic heterocycles. The molecule has 0 saturated carbocycles. The molecule has 86 valence electrons. The highest BCUT2D eigenvalue weighted by Crippen LogP contribution is 2.21. The van der Waals surface area contributed by atoms with Crippen molar-refractivity contribution in [1.29, 1.82) is 0 Å². The van der Waals surface area contributed by atoms with Gasteiger partial charge in [0, 0.05) is 12.4 Å². The molecule has 1 atom stereocenters. The highest BCUT2D eigenvalue weighted by molar-refractivity contribution is 9.10. The average Bonchev–Trinajstić information content (AvgIpc) is 2.60. The van der Waals surface area contributed by atoms with E-state index >= 15 is 0 Å². The lowest BCUT2D eigenvalue weighted by Crippen LogP contribution is -2.19. The summed E-state index contributed by atoms with van der Waals surface area (Å²) in [6, 6.07) is 0.360. The summed E-state index contributed by atoms with van der Waals surface area (Å²) in [5, 5.41) is 0. The quantitative estimate of drug-likeness (QED) is 0.867. The Kier molecular flexibility index (Phi) is 3.25. The zero-order valence-electron chi connectivity index (χ0n) is 9.68. The van der Waals surface area contributed by atoms with E-state index in [1.165, 1.54) is 0 Å². The molecule has 0 saturated heterocycles. The van der Waals surface area contributed by atoms with E-state index in [9.17, 15) is 0 Å². The fourth-order valence-corrected chi connectivity index (χ4v) is 2.22. The predicted molar refractivity (Wildman–Crippen MR) is 67.4 cm³/mol. The molecule has 0 aliphatic carbocycles. The summed E-state index contributed by atoms with van der Waals surface area (Å²) in [6.45, 7) is 2.17. The van der Waals surface area contributed by atoms with Crippen molar-refractivity contribution in [3.8, 4) is 0 Å². The number of fused-ring (bicyclic) bond motifs is 1. The minimum atomic E-state index is 0.360. The smallest absolute Gasteiger partial charge is 0.155 e. The molecule has 4 nitrogen and oxygen atoms in total. The Morgan fingerprint density at radius 2 is 2.19 bits per heavy atom. The van der Waals surface area contributed by atoms with E-state index in [-0.39, 0.29) is 0 Å². The Morgan fingerprint density at radius 3 is 2.81 bits per heavy atom. The van der Waals surface area contributed by atoms with Crippen LogP contribution in [0.2, 0.25) is 0 Å². The van der Waals surface area contributed by atoms with Gasteiger partial charge in [0.05, 0.1) is 17.9 Å². The molecule has 0 radical (unpaired) electrons. The molecule has 16 heavy (non-hydrogen) atoms. The fraction of sp³-hybridized carbons (Fsp3) is 0.455. The lowest BCUT2D eigenvalue weighted by atomic mass is 10.1. The monoisotopic (exact) mass is 282 g/mol. The minimum absolute atomic E-state index is 0.360. The number of aromatic nitrogens is 3. The number of imidazole rings is 1. The first-order chi connectivity index (χ1) is 7.61. The van der Waals surface area contributed by atoms with E-state index in [1.54, 1.807) is 6.20 Å². The van der Waals surface area contributed by atoms with Crippen LogP contribution in [-0.2, 0) is 0 Å². The Bertz CT molecular complexity index is 492. The van der Waals surface area contributed by atoms with Crippen molar-refractivity contribution in [1.82, 2.24) is 19.3 Å². The molecule has 2 aromatic heterocycles. The maximum absolute atomic E-state index is 4.58. The number of nitrogens with zero attached hydrogens (tertiary/aromatic N) is 4. The molecule has 2 heterocycles. The van der Waals surface area contributed by atoms with Gasteiger partial charge in [-0.3, -0.25) is 0 Å². The van der Waals surface area contributed by atoms with Crippen molar-refractivity contribution in [2.75, 3.05) is 14.1 Å². The van der Waals surface area contributed by atoms with Crippen LogP contribution < -0.4 is 0 Å². The number of rotatable bonds is 3. The number of hydrogen-bond donors (Lipinski definition) is 0. The third-order valence-corrected chi connectivity index (χ3v) is 3.09. The van der Waals surface area contributed by atoms with Crippen molar-refractivity contribution in [3.63, 3.8) is 0 Å². The maximum Gasteiger partial charge on any atom is 0.155 e. The van der Waals surface area contributed by atoms with Crippen LogP contribution >= 0.6 is 15.9 Å². The molecule has 0 aromatic carbocycles. The molecule has 0 N–H and O–H groups in total. The van der Waals surface area contributed by atoms with Crippen LogP contribution in [0, 0.1) is 0 Å². The first-order valence-electron chi connectivity index (χ1n) is 5.28. The molecule has 2 aromatic rings. The third-order valence-electron chi connectivity index (χ3n) is 2.68. The molecule has 5 heteroatoms. The Balaban J connectivity index is 2.45. The molecule has 0 bridgehead atoms. The minimum Gasteiger partial charge on any atom is -0.303 e. The zero-order chi connectivity index (χ0) is 11.7. The second-order valence-electron chi connectivity index (χ2n) is 4.03. The lowest BCUT2D eigenvalue weighted by molar-refractivity contribution is 0.287. The van der Waals surface area contributed by atoms with Gasteiger partial charge in [-0.05, 0) is 36.4 Å². The molecule has 0 fully saturated rings. The van der Waals surface area contributed by atoms with Crippen LogP contribution in [0.25, 0.3) is 5.65 Å². The van der Waals surface area contributed by atoms with E-state index in [0.717, 1.165) is 22.4 Å². The molecule has 0 aliphatic rings. The Morgan fingerprint density at radius 1 is 1.44 bits per heavy atom. The van der Waals surface area contributed by atoms with E-state index in [4.69, 9.17) is 0 Å². The summed E-state index contributed by atoms with van der Waals surface area (Å²) in [7, 11) is 4.15. The Hall–Kier alpha value is -0.940. The predicted octanol–water partition coefficient (Wildman–Crippen LogP) is 2.50. The van der Waals surface area contributed by atoms with Gasteiger partial charge in [-0.1, -0.05) is 6.92 Å². The van der Waals surface area contributed by atoms with Crippen LogP contribution in [0.5, 0.6) is 0 Å². The summed E-state index contributed by atoms with van der Waals surface area (Å²) >= 11 is 3.35. The SMILES string of the molecule is CCC(c1cn2cc(Br)ncc2n1)N(C)C. The van der Waals surface area contributed by atoms with Gasteiger partial charge in [0.2, 0.25) is 0 Å². The summed E-state index contributed by atoms with van der Waals surface area (Å²) < 4.78 is 2.82. The Labute approximate surface area is 103 Å². The van der Waals surface area contributed by atoms with Crippen LogP contribution in [0.15, 0.2) is 23.2 Å². The molecule has 1 unspecified atom stereocenters. The van der Waals surface area contributed by atoms with E-state index < -0.39 is 0 Å². The lowest BCUT2D eigenvalue weighted by Gasteiger charge is -2.20. The van der Waals surface area contributed by atoms with Gasteiger partial charge in [0.25, 0.3) is 0 Å². The van der Waals surface area contributed by atoms with E-state index in [0.29, 0.717) is 6.04 Å². The van der Waals surface area contributed by atoms with E-state index in [2.05, 4.69) is 58.0 Å². The largest absolute Gasteiger partial charge is 0.303 e. The maximum atomic E-state index is 4.58. The van der Waals surface area contributed by atoms with Crippen LogP contribution in [-0.4, -0.2) is 33.4 Å². The van der Waals surface area contributed by atoms with Crippen LogP contribution in [0.3, 0.4) is 0 Å². The fourth-order valence-electron chi connectivity index (χ4n) is 1.89. The average molecular weight is 283 g/mol. The topological polar surface area (TPSA) is 33.4 Å². The highest BCUT2D eigenvalue weighted by atomic mass is 79.9.